The van der Waals surface area contributed by atoms with Crippen molar-refractivity contribution in [2.75, 3.05) is 6.61 Å². The van der Waals surface area contributed by atoms with Crippen molar-refractivity contribution in [3.63, 3.8) is 0 Å². The molecule has 1 aromatic carbocycles. The molecule has 0 aliphatic heterocycles. The highest BCUT2D eigenvalue weighted by Gasteiger charge is 2.40. The van der Waals surface area contributed by atoms with Gasteiger partial charge in [0.15, 0.2) is 5.60 Å². The van der Waals surface area contributed by atoms with Crippen LogP contribution < -0.4 is 5.73 Å². The van der Waals surface area contributed by atoms with Crippen LogP contribution in [0.4, 0.5) is 0 Å². The Hall–Kier alpha value is -2.98. The number of aliphatic hydroxyl groups is 1. The van der Waals surface area contributed by atoms with Gasteiger partial charge in [0, 0.05) is 0 Å². The summed E-state index contributed by atoms with van der Waals surface area (Å²) in [4.78, 5) is 42.0. The summed E-state index contributed by atoms with van der Waals surface area (Å²) in [5.41, 5.74) is 4.08. The number of aliphatic carboxylic acids is 3. The SMILES string of the molecule is CCCCOC(=O)C(N)Cc1ccccc1.O=C(O)CC(O)(CC(=O)O)C(=O)O. The van der Waals surface area contributed by atoms with Gasteiger partial charge in [-0.1, -0.05) is 43.7 Å². The minimum absolute atomic E-state index is 0.308. The van der Waals surface area contributed by atoms with E-state index >= 15 is 0 Å². The second-order valence-electron chi connectivity index (χ2n) is 6.30. The van der Waals surface area contributed by atoms with Gasteiger partial charge >= 0.3 is 23.9 Å². The molecule has 0 saturated carbocycles. The number of hydrogen-bond acceptors (Lipinski definition) is 7. The number of carbonyl (C=O) groups is 4. The first-order valence-electron chi connectivity index (χ1n) is 8.87. The number of unbranched alkanes of at least 4 members (excludes halogenated alkanes) is 1. The minimum Gasteiger partial charge on any atom is -0.481 e. The Labute approximate surface area is 167 Å². The third kappa shape index (κ3) is 11.5. The Morgan fingerprint density at radius 1 is 1.03 bits per heavy atom. The Kier molecular flexibility index (Phi) is 11.9. The first kappa shape index (κ1) is 26.0. The maximum Gasteiger partial charge on any atom is 0.336 e. The summed E-state index contributed by atoms with van der Waals surface area (Å²) in [7, 11) is 0. The summed E-state index contributed by atoms with van der Waals surface area (Å²) >= 11 is 0. The fourth-order valence-electron chi connectivity index (χ4n) is 2.09. The minimum atomic E-state index is -2.74. The van der Waals surface area contributed by atoms with E-state index in [1.165, 1.54) is 0 Å². The van der Waals surface area contributed by atoms with Crippen molar-refractivity contribution in [1.82, 2.24) is 0 Å². The highest BCUT2D eigenvalue weighted by molar-refractivity contribution is 5.88. The van der Waals surface area contributed by atoms with Crippen LogP contribution in [0.2, 0.25) is 0 Å². The van der Waals surface area contributed by atoms with Crippen LogP contribution >= 0.6 is 0 Å². The van der Waals surface area contributed by atoms with E-state index in [0.717, 1.165) is 18.4 Å². The number of hydrogen-bond donors (Lipinski definition) is 5. The molecule has 0 aromatic heterocycles. The van der Waals surface area contributed by atoms with Crippen LogP contribution in [0, 0.1) is 0 Å². The smallest absolute Gasteiger partial charge is 0.336 e. The molecule has 0 radical (unpaired) electrons. The Morgan fingerprint density at radius 2 is 1.55 bits per heavy atom. The largest absolute Gasteiger partial charge is 0.481 e. The van der Waals surface area contributed by atoms with Gasteiger partial charge in [-0.05, 0) is 18.4 Å². The van der Waals surface area contributed by atoms with Crippen LogP contribution in [0.25, 0.3) is 0 Å². The third-order valence-electron chi connectivity index (χ3n) is 3.63. The van der Waals surface area contributed by atoms with Gasteiger partial charge in [0.05, 0.1) is 19.4 Å². The summed E-state index contributed by atoms with van der Waals surface area (Å²) in [5, 5.41) is 33.8. The second-order valence-corrected chi connectivity index (χ2v) is 6.30. The molecule has 0 aliphatic carbocycles. The Balaban J connectivity index is 0.000000555. The van der Waals surface area contributed by atoms with Gasteiger partial charge in [-0.25, -0.2) is 4.79 Å². The van der Waals surface area contributed by atoms with Crippen molar-refractivity contribution >= 4 is 23.9 Å². The van der Waals surface area contributed by atoms with E-state index in [-0.39, 0.29) is 5.97 Å². The molecule has 0 saturated heterocycles. The van der Waals surface area contributed by atoms with Gasteiger partial charge in [0.25, 0.3) is 0 Å². The van der Waals surface area contributed by atoms with Crippen molar-refractivity contribution in [3.05, 3.63) is 35.9 Å². The molecule has 1 aromatic rings. The van der Waals surface area contributed by atoms with Crippen LogP contribution in [-0.2, 0) is 30.3 Å². The average molecular weight is 413 g/mol. The van der Waals surface area contributed by atoms with Gasteiger partial charge < -0.3 is 30.9 Å². The monoisotopic (exact) mass is 413 g/mol. The third-order valence-corrected chi connectivity index (χ3v) is 3.63. The maximum absolute atomic E-state index is 11.5. The summed E-state index contributed by atoms with van der Waals surface area (Å²) in [5.74, 6) is -5.33. The van der Waals surface area contributed by atoms with Gasteiger partial charge in [-0.3, -0.25) is 14.4 Å². The molecule has 162 valence electrons. The van der Waals surface area contributed by atoms with E-state index in [0.29, 0.717) is 13.0 Å². The van der Waals surface area contributed by atoms with E-state index < -0.39 is 42.4 Å². The van der Waals surface area contributed by atoms with Crippen molar-refractivity contribution in [1.29, 1.82) is 0 Å². The zero-order chi connectivity index (χ0) is 22.4. The molecule has 0 spiro atoms. The van der Waals surface area contributed by atoms with Crippen LogP contribution in [0.5, 0.6) is 0 Å². The van der Waals surface area contributed by atoms with Gasteiger partial charge in [-0.2, -0.15) is 0 Å². The first-order chi connectivity index (χ1) is 13.5. The van der Waals surface area contributed by atoms with Gasteiger partial charge in [0.1, 0.15) is 6.04 Å². The normalized spacial score (nSPS) is 11.6. The first-order valence-corrected chi connectivity index (χ1v) is 8.87. The maximum atomic E-state index is 11.5. The van der Waals surface area contributed by atoms with E-state index in [1.54, 1.807) is 0 Å². The number of ether oxygens (including phenoxy) is 1. The molecule has 0 aliphatic rings. The lowest BCUT2D eigenvalue weighted by atomic mass is 9.96. The molecule has 0 fully saturated rings. The van der Waals surface area contributed by atoms with Crippen molar-refractivity contribution in [3.8, 4) is 0 Å². The molecule has 1 unspecified atom stereocenters. The number of rotatable bonds is 11. The molecule has 1 rings (SSSR count). The standard InChI is InChI=1S/C13H19NO2.C6H8O7/c1-2-3-9-16-13(15)12(14)10-11-7-5-4-6-8-11;7-3(8)1-6(13,5(11)12)2-4(9)10/h4-8,12H,2-3,9-10,14H2,1H3;13H,1-2H2,(H,7,8)(H,9,10)(H,11,12). The molecular weight excluding hydrogens is 386 g/mol. The molecule has 29 heavy (non-hydrogen) atoms. The van der Waals surface area contributed by atoms with E-state index in [9.17, 15) is 19.2 Å². The van der Waals surface area contributed by atoms with Crippen LogP contribution in [0.15, 0.2) is 30.3 Å². The molecule has 1 atom stereocenters. The highest BCUT2D eigenvalue weighted by Crippen LogP contribution is 2.15. The van der Waals surface area contributed by atoms with Crippen LogP contribution in [-0.4, -0.2) is 62.6 Å². The lowest BCUT2D eigenvalue weighted by molar-refractivity contribution is -0.170. The van der Waals surface area contributed by atoms with Crippen molar-refractivity contribution in [2.45, 2.75) is 50.7 Å². The Morgan fingerprint density at radius 3 is 1.97 bits per heavy atom. The molecule has 10 heteroatoms. The molecule has 10 nitrogen and oxygen atoms in total. The summed E-state index contributed by atoms with van der Waals surface area (Å²) < 4.78 is 5.05. The number of carbonyl (C=O) groups excluding carboxylic acids is 1. The van der Waals surface area contributed by atoms with Crippen molar-refractivity contribution < 1.29 is 44.3 Å². The molecule has 0 amide bonds. The Bertz CT molecular complexity index is 660. The van der Waals surface area contributed by atoms with Crippen LogP contribution in [0.1, 0.15) is 38.2 Å². The summed E-state index contributed by atoms with van der Waals surface area (Å²) in [6.07, 6.45) is 0.153. The van der Waals surface area contributed by atoms with Crippen molar-refractivity contribution in [2.24, 2.45) is 5.73 Å². The molecule has 0 heterocycles. The van der Waals surface area contributed by atoms with Gasteiger partial charge in [-0.15, -0.1) is 0 Å². The zero-order valence-electron chi connectivity index (χ0n) is 16.1. The molecular formula is C19H27NO9. The molecule has 0 bridgehead atoms. The fraction of sp³-hybridized carbons (Fsp3) is 0.474. The highest BCUT2D eigenvalue weighted by atomic mass is 16.5. The second kappa shape index (κ2) is 13.2. The van der Waals surface area contributed by atoms with Gasteiger partial charge in [0.2, 0.25) is 0 Å². The lowest BCUT2D eigenvalue weighted by Gasteiger charge is -2.18. The molecule has 6 N–H and O–H groups in total. The summed E-state index contributed by atoms with van der Waals surface area (Å²) in [6, 6.07) is 9.17. The topological polar surface area (TPSA) is 184 Å². The predicted molar refractivity (Wildman–Crippen MR) is 101 cm³/mol. The van der Waals surface area contributed by atoms with E-state index in [4.69, 9.17) is 30.9 Å². The number of carboxylic acid groups (broad SMARTS) is 3. The van der Waals surface area contributed by atoms with Crippen LogP contribution in [0.3, 0.4) is 0 Å². The lowest BCUT2D eigenvalue weighted by Crippen LogP contribution is -2.42. The number of esters is 1. The quantitative estimate of drug-likeness (QED) is 0.255. The number of benzene rings is 1. The predicted octanol–water partition coefficient (Wildman–Crippen LogP) is 0.651. The number of nitrogens with two attached hydrogens (primary N) is 1. The average Bonchev–Trinajstić information content (AvgIpc) is 2.61. The van der Waals surface area contributed by atoms with E-state index in [1.807, 2.05) is 30.3 Å². The fourth-order valence-corrected chi connectivity index (χ4v) is 2.09. The van der Waals surface area contributed by atoms with E-state index in [2.05, 4.69) is 6.92 Å². The summed E-state index contributed by atoms with van der Waals surface area (Å²) in [6.45, 7) is 2.52. The zero-order valence-corrected chi connectivity index (χ0v) is 16.1. The number of carboxylic acids is 3.